The van der Waals surface area contributed by atoms with E-state index in [2.05, 4.69) is 0 Å². The predicted octanol–water partition coefficient (Wildman–Crippen LogP) is -0.767. The SMILES string of the molecule is [Ba].[Ca].[Cd].[Zn]. The summed E-state index contributed by atoms with van der Waals surface area (Å²) in [6.07, 6.45) is 0. The Labute approximate surface area is 129 Å². The number of hydrogen-bond donors (Lipinski definition) is 0. The van der Waals surface area contributed by atoms with Gasteiger partial charge in [-0.1, -0.05) is 0 Å². The third-order valence-electron chi connectivity index (χ3n) is 0. The van der Waals surface area contributed by atoms with E-state index in [4.69, 9.17) is 0 Å². The molecule has 0 atom stereocenters. The van der Waals surface area contributed by atoms with Crippen LogP contribution in [0.15, 0.2) is 0 Å². The molecular formula is BaCaCdZn. The molecule has 0 aliphatic heterocycles. The first-order valence-electron chi connectivity index (χ1n) is 0. The maximum absolute atomic E-state index is 0. The molecule has 4 heavy (non-hydrogen) atoms. The largest absolute Gasteiger partial charge is 0 e. The van der Waals surface area contributed by atoms with Gasteiger partial charge in [-0.05, 0) is 0 Å². The summed E-state index contributed by atoms with van der Waals surface area (Å²) >= 11 is 0. The second-order valence-electron chi connectivity index (χ2n) is 0. The standard InChI is InChI=1S/Ba.Ca.Cd.Zn. The Balaban J connectivity index is 0. The molecule has 0 aromatic rings. The fraction of sp³-hybridized carbons (Fsp3) is 0. The van der Waals surface area contributed by atoms with Crippen LogP contribution in [0.25, 0.3) is 0 Å². The Morgan fingerprint density at radius 2 is 1.00 bits per heavy atom. The molecule has 8 valence electrons. The zero-order chi connectivity index (χ0) is 0. The van der Waals surface area contributed by atoms with Gasteiger partial charge in [0.1, 0.15) is 0 Å². The normalized spacial score (nSPS) is 0. The molecule has 0 aromatic heterocycles. The Hall–Kier alpha value is 4.38. The molecule has 4 radical (unpaired) electrons. The van der Waals surface area contributed by atoms with E-state index in [0.29, 0.717) is 0 Å². The van der Waals surface area contributed by atoms with Crippen LogP contribution in [0.4, 0.5) is 0 Å². The fourth-order valence-electron chi connectivity index (χ4n) is 0. The van der Waals surface area contributed by atoms with Gasteiger partial charge in [-0.25, -0.2) is 0 Å². The summed E-state index contributed by atoms with van der Waals surface area (Å²) in [5, 5.41) is 0. The molecule has 0 amide bonds. The summed E-state index contributed by atoms with van der Waals surface area (Å²) in [6.45, 7) is 0. The van der Waals surface area contributed by atoms with Crippen LogP contribution in [0, 0.1) is 0 Å². The van der Waals surface area contributed by atoms with E-state index in [1.807, 2.05) is 0 Å². The Morgan fingerprint density at radius 3 is 1.00 bits per heavy atom. The van der Waals surface area contributed by atoms with Gasteiger partial charge in [0.05, 0.1) is 0 Å². The molecule has 0 saturated carbocycles. The second kappa shape index (κ2) is 15.7. The molecule has 0 spiro atoms. The molecule has 0 rings (SSSR count). The van der Waals surface area contributed by atoms with Crippen molar-refractivity contribution in [3.8, 4) is 0 Å². The first-order chi connectivity index (χ1) is 0. The van der Waals surface area contributed by atoms with Gasteiger partial charge in [0, 0.05) is 133 Å². The molecule has 0 heterocycles. The van der Waals surface area contributed by atoms with Crippen LogP contribution in [0.5, 0.6) is 0 Å². The van der Waals surface area contributed by atoms with Crippen LogP contribution in [0.1, 0.15) is 0 Å². The molecule has 0 bridgehead atoms. The average molecular weight is 355 g/mol. The number of hydrogen-bond acceptors (Lipinski definition) is 0. The summed E-state index contributed by atoms with van der Waals surface area (Å²) in [5.74, 6) is 0. The van der Waals surface area contributed by atoms with Gasteiger partial charge in [0.25, 0.3) is 0 Å². The van der Waals surface area contributed by atoms with Crippen LogP contribution in [-0.2, 0) is 46.8 Å². The van der Waals surface area contributed by atoms with Crippen molar-refractivity contribution in [2.75, 3.05) is 0 Å². The molecule has 0 nitrogen and oxygen atoms in total. The minimum Gasteiger partial charge on any atom is 0 e. The van der Waals surface area contributed by atoms with Crippen LogP contribution < -0.4 is 0 Å². The molecule has 0 unspecified atom stereocenters. The summed E-state index contributed by atoms with van der Waals surface area (Å²) in [4.78, 5) is 0. The van der Waals surface area contributed by atoms with Crippen molar-refractivity contribution in [3.05, 3.63) is 0 Å². The van der Waals surface area contributed by atoms with E-state index in [1.165, 1.54) is 0 Å². The van der Waals surface area contributed by atoms with Crippen LogP contribution in [-0.4, -0.2) is 86.6 Å². The summed E-state index contributed by atoms with van der Waals surface area (Å²) in [6, 6.07) is 0. The molecule has 0 fully saturated rings. The van der Waals surface area contributed by atoms with E-state index < -0.39 is 0 Å². The molecular weight excluding hydrogens is 355 g/mol. The zero-order valence-corrected chi connectivity index (χ0v) is 16.5. The molecule has 0 saturated heterocycles. The van der Waals surface area contributed by atoms with Crippen LogP contribution >= 0.6 is 0 Å². The van der Waals surface area contributed by atoms with Crippen molar-refractivity contribution in [1.82, 2.24) is 0 Å². The van der Waals surface area contributed by atoms with E-state index in [0.717, 1.165) is 0 Å². The molecule has 4 heteroatoms. The molecule has 0 aliphatic carbocycles. The van der Waals surface area contributed by atoms with Crippen LogP contribution in [0.3, 0.4) is 0 Å². The average Bonchev–Trinajstić information content (AvgIpc) is 0. The Kier molecular flexibility index (Phi) is 93.2. The molecule has 0 aromatic carbocycles. The maximum atomic E-state index is 0. The minimum atomic E-state index is 0. The van der Waals surface area contributed by atoms with Crippen LogP contribution in [0.2, 0.25) is 0 Å². The number of rotatable bonds is 0. The van der Waals surface area contributed by atoms with Crippen molar-refractivity contribution in [3.63, 3.8) is 0 Å². The second-order valence-corrected chi connectivity index (χ2v) is 0. The predicted molar refractivity (Wildman–Crippen MR) is 11.5 cm³/mol. The van der Waals surface area contributed by atoms with Gasteiger partial charge < -0.3 is 0 Å². The van der Waals surface area contributed by atoms with E-state index in [1.54, 1.807) is 0 Å². The van der Waals surface area contributed by atoms with Gasteiger partial charge in [0.2, 0.25) is 0 Å². The fourth-order valence-corrected chi connectivity index (χ4v) is 0. The van der Waals surface area contributed by atoms with E-state index in [-0.39, 0.29) is 133 Å². The monoisotopic (exact) mass is 356 g/mol. The third kappa shape index (κ3) is 9.62. The van der Waals surface area contributed by atoms with Crippen molar-refractivity contribution >= 4 is 86.6 Å². The summed E-state index contributed by atoms with van der Waals surface area (Å²) in [5.41, 5.74) is 0. The summed E-state index contributed by atoms with van der Waals surface area (Å²) in [7, 11) is 0. The topological polar surface area (TPSA) is 0 Å². The van der Waals surface area contributed by atoms with Crippen molar-refractivity contribution in [2.45, 2.75) is 0 Å². The van der Waals surface area contributed by atoms with E-state index in [9.17, 15) is 0 Å². The minimum absolute atomic E-state index is 0. The Bertz CT molecular complexity index is 8.00. The Morgan fingerprint density at radius 1 is 1.00 bits per heavy atom. The van der Waals surface area contributed by atoms with Gasteiger partial charge in [0.15, 0.2) is 0 Å². The first-order valence-corrected chi connectivity index (χ1v) is 0. The zero-order valence-electron chi connectivity index (χ0n) is 2.83. The van der Waals surface area contributed by atoms with Gasteiger partial charge in [-0.3, -0.25) is 0 Å². The first kappa shape index (κ1) is 23.8. The van der Waals surface area contributed by atoms with Gasteiger partial charge in [-0.2, -0.15) is 0 Å². The third-order valence-corrected chi connectivity index (χ3v) is 0. The quantitative estimate of drug-likeness (QED) is 0.501. The van der Waals surface area contributed by atoms with Gasteiger partial charge >= 0.3 is 0 Å². The van der Waals surface area contributed by atoms with Crippen molar-refractivity contribution < 1.29 is 46.8 Å². The van der Waals surface area contributed by atoms with E-state index >= 15 is 0 Å². The molecule has 0 aliphatic rings. The smallest absolute Gasteiger partial charge is 0 e. The van der Waals surface area contributed by atoms with Crippen molar-refractivity contribution in [2.24, 2.45) is 0 Å². The van der Waals surface area contributed by atoms with Gasteiger partial charge in [-0.15, -0.1) is 0 Å². The summed E-state index contributed by atoms with van der Waals surface area (Å²) < 4.78 is 0. The molecule has 0 N–H and O–H groups in total. The maximum Gasteiger partial charge on any atom is 0 e. The van der Waals surface area contributed by atoms with Crippen molar-refractivity contribution in [1.29, 1.82) is 0 Å².